The molecular formula is C10H19NO. The summed E-state index contributed by atoms with van der Waals surface area (Å²) in [7, 11) is 2.04. The van der Waals surface area contributed by atoms with Crippen molar-refractivity contribution in [3.63, 3.8) is 0 Å². The molecule has 1 fully saturated rings. The van der Waals surface area contributed by atoms with Crippen LogP contribution in [0.25, 0.3) is 0 Å². The van der Waals surface area contributed by atoms with Crippen LogP contribution >= 0.6 is 0 Å². The van der Waals surface area contributed by atoms with Crippen LogP contribution in [0.15, 0.2) is 0 Å². The molecule has 1 saturated carbocycles. The molecule has 2 nitrogen and oxygen atoms in total. The van der Waals surface area contributed by atoms with Gasteiger partial charge in [-0.15, -0.1) is 0 Å². The molecule has 0 aliphatic heterocycles. The lowest BCUT2D eigenvalue weighted by molar-refractivity contribution is -0.121. The van der Waals surface area contributed by atoms with E-state index in [-0.39, 0.29) is 0 Å². The molecule has 0 aromatic carbocycles. The number of ketones is 1. The van der Waals surface area contributed by atoms with Gasteiger partial charge in [-0.1, -0.05) is 6.92 Å². The Hall–Kier alpha value is -0.370. The van der Waals surface area contributed by atoms with Gasteiger partial charge in [0.05, 0.1) is 6.54 Å². The first-order chi connectivity index (χ1) is 5.65. The molecule has 12 heavy (non-hydrogen) atoms. The Labute approximate surface area is 74.9 Å². The largest absolute Gasteiger partial charge is 0.298 e. The van der Waals surface area contributed by atoms with Gasteiger partial charge in [0.1, 0.15) is 5.78 Å². The normalized spacial score (nSPS) is 19.7. The minimum Gasteiger partial charge on any atom is -0.298 e. The number of nitrogens with zero attached hydrogens (tertiary/aromatic N) is 1. The second-order valence-electron chi connectivity index (χ2n) is 3.91. The molecule has 0 bridgehead atoms. The lowest BCUT2D eigenvalue weighted by Crippen LogP contribution is -2.34. The van der Waals surface area contributed by atoms with Crippen LogP contribution in [0.1, 0.15) is 33.1 Å². The Morgan fingerprint density at radius 1 is 1.58 bits per heavy atom. The standard InChI is InChI=1S/C10H19NO/c1-4-8(2)11(3)7-10(12)9-5-6-9/h8-9H,4-7H2,1-3H3. The first-order valence-corrected chi connectivity index (χ1v) is 4.88. The highest BCUT2D eigenvalue weighted by Gasteiger charge is 2.30. The highest BCUT2D eigenvalue weighted by Crippen LogP contribution is 2.29. The summed E-state index contributed by atoms with van der Waals surface area (Å²) < 4.78 is 0. The van der Waals surface area contributed by atoms with E-state index in [0.717, 1.165) is 19.3 Å². The summed E-state index contributed by atoms with van der Waals surface area (Å²) in [6, 6.07) is 0.535. The number of hydrogen-bond acceptors (Lipinski definition) is 2. The smallest absolute Gasteiger partial charge is 0.149 e. The maximum Gasteiger partial charge on any atom is 0.149 e. The van der Waals surface area contributed by atoms with Crippen molar-refractivity contribution in [1.82, 2.24) is 4.90 Å². The first kappa shape index (κ1) is 9.72. The summed E-state index contributed by atoms with van der Waals surface area (Å²) in [6.07, 6.45) is 3.38. The van der Waals surface area contributed by atoms with Crippen molar-refractivity contribution in [1.29, 1.82) is 0 Å². The summed E-state index contributed by atoms with van der Waals surface area (Å²) in [4.78, 5) is 13.5. The van der Waals surface area contributed by atoms with E-state index in [1.807, 2.05) is 7.05 Å². The predicted octanol–water partition coefficient (Wildman–Crippen LogP) is 1.70. The maximum absolute atomic E-state index is 11.4. The van der Waals surface area contributed by atoms with E-state index in [4.69, 9.17) is 0 Å². The Morgan fingerprint density at radius 3 is 2.58 bits per heavy atom. The summed E-state index contributed by atoms with van der Waals surface area (Å²) in [6.45, 7) is 4.97. The van der Waals surface area contributed by atoms with E-state index in [9.17, 15) is 4.79 Å². The zero-order valence-corrected chi connectivity index (χ0v) is 8.34. The summed E-state index contributed by atoms with van der Waals surface area (Å²) in [5.41, 5.74) is 0. The van der Waals surface area contributed by atoms with Gasteiger partial charge in [-0.3, -0.25) is 9.69 Å². The van der Waals surface area contributed by atoms with E-state index >= 15 is 0 Å². The van der Waals surface area contributed by atoms with Gasteiger partial charge in [0.15, 0.2) is 0 Å². The summed E-state index contributed by atoms with van der Waals surface area (Å²) >= 11 is 0. The number of rotatable bonds is 5. The molecule has 1 aliphatic rings. The molecule has 1 unspecified atom stereocenters. The fourth-order valence-corrected chi connectivity index (χ4v) is 1.25. The summed E-state index contributed by atoms with van der Waals surface area (Å²) in [5, 5.41) is 0. The van der Waals surface area contributed by atoms with E-state index in [2.05, 4.69) is 18.7 Å². The van der Waals surface area contributed by atoms with Crippen molar-refractivity contribution < 1.29 is 4.79 Å². The average molecular weight is 169 g/mol. The number of carbonyl (C=O) groups is 1. The highest BCUT2D eigenvalue weighted by atomic mass is 16.1. The average Bonchev–Trinajstić information content (AvgIpc) is 2.84. The molecule has 0 radical (unpaired) electrons. The van der Waals surface area contributed by atoms with Gasteiger partial charge < -0.3 is 0 Å². The van der Waals surface area contributed by atoms with Crippen molar-refractivity contribution in [3.8, 4) is 0 Å². The number of carbonyl (C=O) groups excluding carboxylic acids is 1. The molecule has 0 saturated heterocycles. The monoisotopic (exact) mass is 169 g/mol. The quantitative estimate of drug-likeness (QED) is 0.624. The van der Waals surface area contributed by atoms with Crippen molar-refractivity contribution in [3.05, 3.63) is 0 Å². The van der Waals surface area contributed by atoms with E-state index < -0.39 is 0 Å². The van der Waals surface area contributed by atoms with Gasteiger partial charge in [-0.05, 0) is 33.2 Å². The Balaban J connectivity index is 2.24. The van der Waals surface area contributed by atoms with Crippen LogP contribution in [0.2, 0.25) is 0 Å². The second kappa shape index (κ2) is 4.04. The third kappa shape index (κ3) is 2.59. The van der Waals surface area contributed by atoms with E-state index in [1.54, 1.807) is 0 Å². The minimum atomic E-state index is 0.413. The molecule has 0 N–H and O–H groups in total. The van der Waals surface area contributed by atoms with Gasteiger partial charge in [0, 0.05) is 12.0 Å². The Bertz CT molecular complexity index is 163. The minimum absolute atomic E-state index is 0.413. The molecule has 1 atom stereocenters. The Kier molecular flexibility index (Phi) is 3.27. The zero-order chi connectivity index (χ0) is 9.14. The van der Waals surface area contributed by atoms with Crippen LogP contribution in [0.5, 0.6) is 0 Å². The zero-order valence-electron chi connectivity index (χ0n) is 8.34. The van der Waals surface area contributed by atoms with Crippen LogP contribution in [0.4, 0.5) is 0 Å². The van der Waals surface area contributed by atoms with E-state index in [1.165, 1.54) is 0 Å². The van der Waals surface area contributed by atoms with Crippen LogP contribution in [0, 0.1) is 5.92 Å². The molecule has 70 valence electrons. The van der Waals surface area contributed by atoms with Crippen molar-refractivity contribution >= 4 is 5.78 Å². The SMILES string of the molecule is CCC(C)N(C)CC(=O)C1CC1. The second-order valence-corrected chi connectivity index (χ2v) is 3.91. The molecular weight excluding hydrogens is 150 g/mol. The number of Topliss-reactive ketones (excluding diaryl/α,β-unsaturated/α-hetero) is 1. The highest BCUT2D eigenvalue weighted by molar-refractivity contribution is 5.84. The van der Waals surface area contributed by atoms with Gasteiger partial charge in [-0.25, -0.2) is 0 Å². The van der Waals surface area contributed by atoms with Crippen LogP contribution in [-0.2, 0) is 4.79 Å². The third-order valence-electron chi connectivity index (χ3n) is 2.78. The fraction of sp³-hybridized carbons (Fsp3) is 0.900. The summed E-state index contributed by atoms with van der Waals surface area (Å²) in [5.74, 6) is 0.856. The molecule has 0 spiro atoms. The number of likely N-dealkylation sites (N-methyl/N-ethyl adjacent to an activating group) is 1. The van der Waals surface area contributed by atoms with Crippen molar-refractivity contribution in [2.24, 2.45) is 5.92 Å². The van der Waals surface area contributed by atoms with Crippen molar-refractivity contribution in [2.45, 2.75) is 39.2 Å². The Morgan fingerprint density at radius 2 is 2.17 bits per heavy atom. The first-order valence-electron chi connectivity index (χ1n) is 4.88. The van der Waals surface area contributed by atoms with Crippen molar-refractivity contribution in [2.75, 3.05) is 13.6 Å². The van der Waals surface area contributed by atoms with Crippen LogP contribution in [-0.4, -0.2) is 30.3 Å². The van der Waals surface area contributed by atoms with Gasteiger partial charge >= 0.3 is 0 Å². The maximum atomic E-state index is 11.4. The number of hydrogen-bond donors (Lipinski definition) is 0. The molecule has 1 aliphatic carbocycles. The molecule has 0 aromatic heterocycles. The lowest BCUT2D eigenvalue weighted by Gasteiger charge is -2.22. The molecule has 0 amide bonds. The molecule has 1 rings (SSSR count). The van der Waals surface area contributed by atoms with Gasteiger partial charge in [-0.2, -0.15) is 0 Å². The van der Waals surface area contributed by atoms with Crippen LogP contribution < -0.4 is 0 Å². The van der Waals surface area contributed by atoms with Crippen LogP contribution in [0.3, 0.4) is 0 Å². The van der Waals surface area contributed by atoms with E-state index in [0.29, 0.717) is 24.3 Å². The lowest BCUT2D eigenvalue weighted by atomic mass is 10.2. The molecule has 2 heteroatoms. The molecule has 0 heterocycles. The molecule has 0 aromatic rings. The fourth-order valence-electron chi connectivity index (χ4n) is 1.25. The van der Waals surface area contributed by atoms with Gasteiger partial charge in [0.25, 0.3) is 0 Å². The third-order valence-corrected chi connectivity index (χ3v) is 2.78. The topological polar surface area (TPSA) is 20.3 Å². The predicted molar refractivity (Wildman–Crippen MR) is 50.1 cm³/mol. The van der Waals surface area contributed by atoms with Gasteiger partial charge in [0.2, 0.25) is 0 Å².